The number of phenolic OH excluding ortho intramolecular Hbond substituents is 1. The van der Waals surface area contributed by atoms with E-state index < -0.39 is 5.97 Å². The predicted molar refractivity (Wildman–Crippen MR) is 106 cm³/mol. The van der Waals surface area contributed by atoms with Crippen molar-refractivity contribution in [1.82, 2.24) is 0 Å². The van der Waals surface area contributed by atoms with E-state index in [1.807, 2.05) is 0 Å². The quantitative estimate of drug-likeness (QED) is 0.272. The third-order valence-electron chi connectivity index (χ3n) is 4.61. The van der Waals surface area contributed by atoms with E-state index in [1.165, 1.54) is 51.0 Å². The summed E-state index contributed by atoms with van der Waals surface area (Å²) < 4.78 is 0. The van der Waals surface area contributed by atoms with Crippen molar-refractivity contribution in [2.75, 3.05) is 0 Å². The zero-order valence-electron chi connectivity index (χ0n) is 16.0. The maximum Gasteiger partial charge on any atom is 0.339 e. The Morgan fingerprint density at radius 2 is 1.46 bits per heavy atom. The zero-order chi connectivity index (χ0) is 19.2. The van der Waals surface area contributed by atoms with Crippen LogP contribution in [0.2, 0.25) is 0 Å². The van der Waals surface area contributed by atoms with Gasteiger partial charge in [-0.3, -0.25) is 0 Å². The van der Waals surface area contributed by atoms with Gasteiger partial charge in [0.1, 0.15) is 17.1 Å². The summed E-state index contributed by atoms with van der Waals surface area (Å²) in [6.45, 7) is 2.23. The molecule has 1 aromatic carbocycles. The molecule has 0 radical (unpaired) electrons. The van der Waals surface area contributed by atoms with Crippen molar-refractivity contribution < 1.29 is 20.1 Å². The first-order valence-corrected chi connectivity index (χ1v) is 9.99. The van der Waals surface area contributed by atoms with Crippen LogP contribution in [-0.4, -0.2) is 21.3 Å². The minimum Gasteiger partial charge on any atom is -0.508 e. The van der Waals surface area contributed by atoms with E-state index in [9.17, 15) is 20.1 Å². The van der Waals surface area contributed by atoms with Crippen LogP contribution in [-0.2, 0) is 6.42 Å². The highest BCUT2D eigenvalue weighted by Crippen LogP contribution is 2.28. The van der Waals surface area contributed by atoms with Gasteiger partial charge in [0.25, 0.3) is 0 Å². The second-order valence-electron chi connectivity index (χ2n) is 6.93. The van der Waals surface area contributed by atoms with E-state index in [4.69, 9.17) is 0 Å². The van der Waals surface area contributed by atoms with Crippen LogP contribution in [0.1, 0.15) is 93.5 Å². The SMILES string of the molecule is CCCCCC/C=C\CCCCCCCc1cc(O)cc(O)c1C(=O)O. The Hall–Kier alpha value is -1.97. The third kappa shape index (κ3) is 8.93. The zero-order valence-corrected chi connectivity index (χ0v) is 16.0. The molecule has 0 heterocycles. The average Bonchev–Trinajstić information content (AvgIpc) is 2.58. The summed E-state index contributed by atoms with van der Waals surface area (Å²) in [5.74, 6) is -1.61. The van der Waals surface area contributed by atoms with Crippen molar-refractivity contribution in [3.63, 3.8) is 0 Å². The first-order chi connectivity index (χ1) is 12.6. The van der Waals surface area contributed by atoms with Gasteiger partial charge in [0.05, 0.1) is 0 Å². The molecule has 0 fully saturated rings. The largest absolute Gasteiger partial charge is 0.508 e. The molecule has 0 spiro atoms. The highest BCUT2D eigenvalue weighted by Gasteiger charge is 2.16. The number of aryl methyl sites for hydroxylation is 1. The lowest BCUT2D eigenvalue weighted by Gasteiger charge is -2.09. The topological polar surface area (TPSA) is 77.8 Å². The maximum absolute atomic E-state index is 11.2. The highest BCUT2D eigenvalue weighted by molar-refractivity contribution is 5.92. The van der Waals surface area contributed by atoms with E-state index in [1.54, 1.807) is 0 Å². The molecule has 0 unspecified atom stereocenters. The molecule has 0 saturated carbocycles. The number of carbonyl (C=O) groups is 1. The number of hydrogen-bond acceptors (Lipinski definition) is 3. The highest BCUT2D eigenvalue weighted by atomic mass is 16.4. The minimum absolute atomic E-state index is 0.0909. The lowest BCUT2D eigenvalue weighted by Crippen LogP contribution is -2.03. The molecule has 0 aliphatic rings. The van der Waals surface area contributed by atoms with Gasteiger partial charge in [0, 0.05) is 6.07 Å². The number of rotatable bonds is 14. The molecule has 1 aromatic rings. The third-order valence-corrected chi connectivity index (χ3v) is 4.61. The molecule has 0 aliphatic heterocycles. The van der Waals surface area contributed by atoms with Crippen LogP contribution in [0.3, 0.4) is 0 Å². The molecule has 0 aliphatic carbocycles. The Bertz CT molecular complexity index is 564. The number of carboxylic acids is 1. The van der Waals surface area contributed by atoms with Crippen LogP contribution < -0.4 is 0 Å². The van der Waals surface area contributed by atoms with Gasteiger partial charge < -0.3 is 15.3 Å². The van der Waals surface area contributed by atoms with Gasteiger partial charge >= 0.3 is 5.97 Å². The lowest BCUT2D eigenvalue weighted by atomic mass is 9.99. The van der Waals surface area contributed by atoms with Crippen molar-refractivity contribution in [3.8, 4) is 11.5 Å². The Morgan fingerprint density at radius 1 is 0.885 bits per heavy atom. The van der Waals surface area contributed by atoms with Crippen molar-refractivity contribution in [2.24, 2.45) is 0 Å². The van der Waals surface area contributed by atoms with E-state index in [0.717, 1.165) is 31.7 Å². The van der Waals surface area contributed by atoms with Crippen LogP contribution >= 0.6 is 0 Å². The molecule has 4 heteroatoms. The summed E-state index contributed by atoms with van der Waals surface area (Å²) in [5.41, 5.74) is 0.410. The smallest absolute Gasteiger partial charge is 0.339 e. The Morgan fingerprint density at radius 3 is 2.08 bits per heavy atom. The van der Waals surface area contributed by atoms with Crippen LogP contribution in [0.15, 0.2) is 24.3 Å². The summed E-state index contributed by atoms with van der Waals surface area (Å²) in [5, 5.41) is 28.4. The molecule has 3 N–H and O–H groups in total. The molecule has 1 rings (SSSR count). The molecule has 0 atom stereocenters. The molecule has 0 bridgehead atoms. The molecule has 146 valence electrons. The second kappa shape index (κ2) is 13.3. The number of carboxylic acid groups (broad SMARTS) is 1. The van der Waals surface area contributed by atoms with Crippen LogP contribution in [0, 0.1) is 0 Å². The molecule has 0 saturated heterocycles. The van der Waals surface area contributed by atoms with Crippen LogP contribution in [0.25, 0.3) is 0 Å². The van der Waals surface area contributed by atoms with E-state index in [0.29, 0.717) is 12.0 Å². The molecular weight excluding hydrogens is 328 g/mol. The van der Waals surface area contributed by atoms with Gasteiger partial charge in [0.15, 0.2) is 0 Å². The molecule has 0 amide bonds. The summed E-state index contributed by atoms with van der Waals surface area (Å²) in [4.78, 5) is 11.2. The molecule has 4 nitrogen and oxygen atoms in total. The number of hydrogen-bond donors (Lipinski definition) is 3. The number of benzene rings is 1. The number of phenols is 2. The second-order valence-corrected chi connectivity index (χ2v) is 6.93. The van der Waals surface area contributed by atoms with Gasteiger partial charge in [0.2, 0.25) is 0 Å². The first-order valence-electron chi connectivity index (χ1n) is 9.99. The Labute approximate surface area is 157 Å². The predicted octanol–water partition coefficient (Wildman–Crippen LogP) is 6.21. The van der Waals surface area contributed by atoms with E-state index >= 15 is 0 Å². The Kier molecular flexibility index (Phi) is 11.3. The molecular formula is C22H34O4. The fourth-order valence-corrected chi connectivity index (χ4v) is 3.15. The standard InChI is InChI=1S/C22H34O4/c1-2-3-4-5-6-7-8-9-10-11-12-13-14-15-18-16-19(23)17-20(24)21(18)22(25)26/h7-8,16-17,23-24H,2-6,9-15H2,1H3,(H,25,26)/b8-7-. The van der Waals surface area contributed by atoms with E-state index in [-0.39, 0.29) is 17.1 Å². The first kappa shape index (κ1) is 22.1. The summed E-state index contributed by atoms with van der Waals surface area (Å²) in [6, 6.07) is 2.51. The molecule has 0 aromatic heterocycles. The lowest BCUT2D eigenvalue weighted by molar-refractivity contribution is 0.0692. The number of unbranched alkanes of at least 4 members (excludes halogenated alkanes) is 9. The monoisotopic (exact) mass is 362 g/mol. The van der Waals surface area contributed by atoms with Crippen molar-refractivity contribution >= 4 is 5.97 Å². The normalized spacial score (nSPS) is 11.3. The number of aromatic hydroxyl groups is 2. The Balaban J connectivity index is 2.15. The van der Waals surface area contributed by atoms with Crippen molar-refractivity contribution in [1.29, 1.82) is 0 Å². The van der Waals surface area contributed by atoms with Crippen molar-refractivity contribution in [2.45, 2.75) is 84.0 Å². The van der Waals surface area contributed by atoms with Gasteiger partial charge in [-0.25, -0.2) is 4.79 Å². The fourth-order valence-electron chi connectivity index (χ4n) is 3.15. The summed E-state index contributed by atoms with van der Waals surface area (Å²) in [7, 11) is 0. The maximum atomic E-state index is 11.2. The molecule has 26 heavy (non-hydrogen) atoms. The summed E-state index contributed by atoms with van der Waals surface area (Å²) in [6.07, 6.45) is 18.1. The number of allylic oxidation sites excluding steroid dienone is 2. The van der Waals surface area contributed by atoms with Crippen LogP contribution in [0.4, 0.5) is 0 Å². The van der Waals surface area contributed by atoms with Crippen molar-refractivity contribution in [3.05, 3.63) is 35.4 Å². The summed E-state index contributed by atoms with van der Waals surface area (Å²) >= 11 is 0. The van der Waals surface area contributed by atoms with E-state index in [2.05, 4.69) is 19.1 Å². The van der Waals surface area contributed by atoms with Crippen LogP contribution in [0.5, 0.6) is 11.5 Å². The van der Waals surface area contributed by atoms with Gasteiger partial charge in [-0.15, -0.1) is 0 Å². The number of aromatic carboxylic acids is 1. The van der Waals surface area contributed by atoms with Gasteiger partial charge in [-0.05, 0) is 50.2 Å². The van der Waals surface area contributed by atoms with Gasteiger partial charge in [-0.1, -0.05) is 57.6 Å². The minimum atomic E-state index is -1.15. The average molecular weight is 363 g/mol. The fraction of sp³-hybridized carbons (Fsp3) is 0.591. The van der Waals surface area contributed by atoms with Gasteiger partial charge in [-0.2, -0.15) is 0 Å².